The lowest BCUT2D eigenvalue weighted by Crippen LogP contribution is -2.50. The predicted octanol–water partition coefficient (Wildman–Crippen LogP) is 3.03. The van der Waals surface area contributed by atoms with E-state index in [-0.39, 0.29) is 37.4 Å². The summed E-state index contributed by atoms with van der Waals surface area (Å²) < 4.78 is 11.1. The van der Waals surface area contributed by atoms with Crippen molar-refractivity contribution in [2.45, 2.75) is 45.3 Å². The normalized spacial score (nSPS) is 23.2. The molecule has 2 amide bonds. The Morgan fingerprint density at radius 1 is 1.23 bits per heavy atom. The number of rotatable bonds is 8. The number of benzene rings is 1. The van der Waals surface area contributed by atoms with Crippen LogP contribution in [0.1, 0.15) is 32.3 Å². The Morgan fingerprint density at radius 2 is 1.97 bits per heavy atom. The monoisotopic (exact) mass is 427 g/mol. The van der Waals surface area contributed by atoms with Gasteiger partial charge in [-0.15, -0.1) is 0 Å². The first-order valence-corrected chi connectivity index (χ1v) is 10.7. The summed E-state index contributed by atoms with van der Waals surface area (Å²) in [5, 5.41) is 8.99. The van der Waals surface area contributed by atoms with Crippen LogP contribution in [0.25, 0.3) is 0 Å². The molecule has 1 aromatic rings. The fourth-order valence-electron chi connectivity index (χ4n) is 3.79. The highest BCUT2D eigenvalue weighted by atomic mass is 16.6. The van der Waals surface area contributed by atoms with E-state index in [1.54, 1.807) is 12.2 Å². The number of carbonyl (C=O) groups is 3. The smallest absolute Gasteiger partial charge is 0.416 e. The highest BCUT2D eigenvalue weighted by Gasteiger charge is 2.46. The van der Waals surface area contributed by atoms with Crippen molar-refractivity contribution in [3.8, 4) is 0 Å². The first-order chi connectivity index (χ1) is 14.9. The number of unbranched alkanes of at least 4 members (excludes halogenated alkanes) is 1. The molecular weight excluding hydrogens is 398 g/mol. The van der Waals surface area contributed by atoms with Crippen molar-refractivity contribution in [3.05, 3.63) is 59.9 Å². The molecule has 0 unspecified atom stereocenters. The number of nitrogens with zero attached hydrogens (tertiary/aromatic N) is 1. The molecule has 1 N–H and O–H groups in total. The molecule has 0 spiro atoms. The molecule has 0 aliphatic carbocycles. The number of imide groups is 1. The van der Waals surface area contributed by atoms with Gasteiger partial charge in [0.1, 0.15) is 12.4 Å². The number of amides is 2. The molecule has 0 saturated carbocycles. The Balaban J connectivity index is 1.91. The number of ether oxygens (including phenoxy) is 2. The van der Waals surface area contributed by atoms with E-state index in [0.29, 0.717) is 18.6 Å². The maximum atomic E-state index is 13.6. The molecule has 3 rings (SSSR count). The summed E-state index contributed by atoms with van der Waals surface area (Å²) in [6.07, 6.45) is 4.45. The summed E-state index contributed by atoms with van der Waals surface area (Å²) in [4.78, 5) is 39.9. The van der Waals surface area contributed by atoms with Gasteiger partial charge < -0.3 is 14.6 Å². The minimum absolute atomic E-state index is 0.0181. The van der Waals surface area contributed by atoms with E-state index in [4.69, 9.17) is 14.6 Å². The van der Waals surface area contributed by atoms with Gasteiger partial charge in [0, 0.05) is 6.61 Å². The first-order valence-electron chi connectivity index (χ1n) is 10.7. The van der Waals surface area contributed by atoms with Gasteiger partial charge in [0.2, 0.25) is 5.91 Å². The zero-order valence-corrected chi connectivity index (χ0v) is 17.9. The summed E-state index contributed by atoms with van der Waals surface area (Å²) in [5.74, 6) is -1.17. The second-order valence-corrected chi connectivity index (χ2v) is 8.14. The molecule has 7 nitrogen and oxygen atoms in total. The van der Waals surface area contributed by atoms with Gasteiger partial charge in [-0.2, -0.15) is 0 Å². The third kappa shape index (κ3) is 5.41. The van der Waals surface area contributed by atoms with Crippen molar-refractivity contribution >= 4 is 17.8 Å². The maximum Gasteiger partial charge on any atom is 0.416 e. The number of allylic oxidation sites excluding steroid dienone is 2. The lowest BCUT2D eigenvalue weighted by molar-refractivity contribution is -0.144. The number of hydrogen-bond acceptors (Lipinski definition) is 6. The molecule has 3 atom stereocenters. The van der Waals surface area contributed by atoms with E-state index in [1.165, 1.54) is 6.08 Å². The summed E-state index contributed by atoms with van der Waals surface area (Å²) in [6, 6.07) is 8.98. The number of ketones is 1. The number of aliphatic hydroxyl groups excluding tert-OH is 1. The van der Waals surface area contributed by atoms with Crippen molar-refractivity contribution in [1.82, 2.24) is 4.90 Å². The molecule has 0 aromatic heterocycles. The van der Waals surface area contributed by atoms with Crippen LogP contribution in [0.2, 0.25) is 0 Å². The predicted molar refractivity (Wildman–Crippen MR) is 114 cm³/mol. The third-order valence-corrected chi connectivity index (χ3v) is 5.56. The molecule has 1 saturated heterocycles. The van der Waals surface area contributed by atoms with Gasteiger partial charge in [-0.05, 0) is 49.0 Å². The van der Waals surface area contributed by atoms with Crippen LogP contribution in [-0.4, -0.2) is 53.1 Å². The van der Waals surface area contributed by atoms with Gasteiger partial charge in [-0.3, -0.25) is 9.59 Å². The fourth-order valence-corrected chi connectivity index (χ4v) is 3.79. The van der Waals surface area contributed by atoms with E-state index in [2.05, 4.69) is 0 Å². The molecule has 2 heterocycles. The standard InChI is InChI=1S/C24H29NO6/c1-16(2)20-15-30-24(29)25(20)23(28)19(14-17-8-4-3-5-9-17)22-21(27)12-11-18(31-22)10-6-7-13-26/h3-5,8-12,16,19-20,22,26H,6-7,13-15H2,1-2H3/t19-,20+,22-/m1/s1. The Labute approximate surface area is 182 Å². The van der Waals surface area contributed by atoms with Crippen LogP contribution in [0.5, 0.6) is 0 Å². The van der Waals surface area contributed by atoms with Crippen LogP contribution in [0.4, 0.5) is 4.79 Å². The van der Waals surface area contributed by atoms with Crippen molar-refractivity contribution in [3.63, 3.8) is 0 Å². The molecule has 0 radical (unpaired) electrons. The largest absolute Gasteiger partial charge is 0.482 e. The van der Waals surface area contributed by atoms with E-state index in [1.807, 2.05) is 44.2 Å². The summed E-state index contributed by atoms with van der Waals surface area (Å²) >= 11 is 0. The Kier molecular flexibility index (Phi) is 7.63. The molecule has 0 bridgehead atoms. The number of cyclic esters (lactones) is 1. The second-order valence-electron chi connectivity index (χ2n) is 8.14. The topological polar surface area (TPSA) is 93.1 Å². The molecule has 1 aromatic carbocycles. The van der Waals surface area contributed by atoms with Gasteiger partial charge in [0.15, 0.2) is 11.9 Å². The van der Waals surface area contributed by atoms with Crippen LogP contribution < -0.4 is 0 Å². The highest BCUT2D eigenvalue weighted by Crippen LogP contribution is 2.29. The van der Waals surface area contributed by atoms with Crippen molar-refractivity contribution in [2.75, 3.05) is 13.2 Å². The van der Waals surface area contributed by atoms with Gasteiger partial charge >= 0.3 is 6.09 Å². The SMILES string of the molecule is CC(C)[C@@H]1COC(=O)N1C(=O)[C@H](Cc1ccccc1)[C@H]1OC(=CCCCO)C=CC1=O. The Bertz CT molecular complexity index is 860. The van der Waals surface area contributed by atoms with Crippen LogP contribution >= 0.6 is 0 Å². The van der Waals surface area contributed by atoms with Crippen LogP contribution in [0.3, 0.4) is 0 Å². The lowest BCUT2D eigenvalue weighted by atomic mass is 9.88. The van der Waals surface area contributed by atoms with Gasteiger partial charge in [0.25, 0.3) is 0 Å². The molecule has 7 heteroatoms. The quantitative estimate of drug-likeness (QED) is 0.641. The Morgan fingerprint density at radius 3 is 2.65 bits per heavy atom. The fraction of sp³-hybridized carbons (Fsp3) is 0.458. The average molecular weight is 427 g/mol. The van der Waals surface area contributed by atoms with Crippen LogP contribution in [0.15, 0.2) is 54.3 Å². The van der Waals surface area contributed by atoms with Gasteiger partial charge in [-0.25, -0.2) is 9.69 Å². The van der Waals surface area contributed by atoms with E-state index < -0.39 is 24.0 Å². The van der Waals surface area contributed by atoms with Crippen molar-refractivity contribution in [1.29, 1.82) is 0 Å². The van der Waals surface area contributed by atoms with E-state index in [0.717, 1.165) is 10.5 Å². The molecule has 2 aliphatic rings. The first kappa shape index (κ1) is 22.7. The van der Waals surface area contributed by atoms with Crippen LogP contribution in [-0.2, 0) is 25.5 Å². The zero-order valence-electron chi connectivity index (χ0n) is 17.9. The van der Waals surface area contributed by atoms with Crippen molar-refractivity contribution < 1.29 is 29.0 Å². The molecule has 1 fully saturated rings. The molecular formula is C24H29NO6. The van der Waals surface area contributed by atoms with Crippen molar-refractivity contribution in [2.24, 2.45) is 11.8 Å². The lowest BCUT2D eigenvalue weighted by Gasteiger charge is -2.32. The Hall–Kier alpha value is -2.93. The third-order valence-electron chi connectivity index (χ3n) is 5.56. The molecule has 31 heavy (non-hydrogen) atoms. The highest BCUT2D eigenvalue weighted by molar-refractivity contribution is 6.02. The maximum absolute atomic E-state index is 13.6. The number of carbonyl (C=O) groups excluding carboxylic acids is 3. The molecule has 2 aliphatic heterocycles. The van der Waals surface area contributed by atoms with Gasteiger partial charge in [0.05, 0.1) is 12.0 Å². The summed E-state index contributed by atoms with van der Waals surface area (Å²) in [5.41, 5.74) is 0.867. The second kappa shape index (κ2) is 10.4. The number of hydrogen-bond donors (Lipinski definition) is 1. The number of aliphatic hydroxyl groups is 1. The van der Waals surface area contributed by atoms with Gasteiger partial charge in [-0.1, -0.05) is 44.2 Å². The van der Waals surface area contributed by atoms with E-state index >= 15 is 0 Å². The minimum atomic E-state index is -1.04. The van der Waals surface area contributed by atoms with E-state index in [9.17, 15) is 14.4 Å². The average Bonchev–Trinajstić information content (AvgIpc) is 3.15. The molecule has 166 valence electrons. The zero-order chi connectivity index (χ0) is 22.4. The summed E-state index contributed by atoms with van der Waals surface area (Å²) in [6.45, 7) is 4.04. The minimum Gasteiger partial charge on any atom is -0.482 e. The van der Waals surface area contributed by atoms with Crippen LogP contribution in [0, 0.1) is 11.8 Å². The summed E-state index contributed by atoms with van der Waals surface area (Å²) in [7, 11) is 0.